The summed E-state index contributed by atoms with van der Waals surface area (Å²) in [5, 5.41) is 2.85. The molecule has 0 bridgehead atoms. The number of nitrogens with one attached hydrogen (secondary N) is 1. The summed E-state index contributed by atoms with van der Waals surface area (Å²) in [4.78, 5) is 12.8. The molecule has 104 valence electrons. The Labute approximate surface area is 120 Å². The number of amides is 1. The van der Waals surface area contributed by atoms with Gasteiger partial charge in [0.2, 0.25) is 5.91 Å². The summed E-state index contributed by atoms with van der Waals surface area (Å²) in [5.41, 5.74) is 1.40. The normalized spacial score (nSPS) is 11.4. The number of hydrogen-bond donors (Lipinski definition) is 1. The van der Waals surface area contributed by atoms with Crippen LogP contribution in [0.15, 0.2) is 60.7 Å². The van der Waals surface area contributed by atoms with E-state index >= 15 is 0 Å². The standard InChI is InChI=1S/C18H21NO/c1-14(2)18(17(20)19-3,15-10-6-4-7-11-15)16-12-8-5-9-13-16/h4-14H,1-3H3,(H,19,20). The maximum absolute atomic E-state index is 12.8. The van der Waals surface area contributed by atoms with E-state index in [4.69, 9.17) is 0 Å². The summed E-state index contributed by atoms with van der Waals surface area (Å²) in [6.45, 7) is 4.18. The Morgan fingerprint density at radius 3 is 1.60 bits per heavy atom. The Morgan fingerprint density at radius 2 is 1.30 bits per heavy atom. The minimum absolute atomic E-state index is 0.0323. The Morgan fingerprint density at radius 1 is 0.900 bits per heavy atom. The summed E-state index contributed by atoms with van der Waals surface area (Å²) in [5.74, 6) is 0.178. The molecule has 2 aromatic rings. The van der Waals surface area contributed by atoms with Gasteiger partial charge in [-0.2, -0.15) is 0 Å². The molecule has 2 aromatic carbocycles. The summed E-state index contributed by atoms with van der Waals surface area (Å²) in [7, 11) is 1.70. The molecule has 0 aliphatic rings. The van der Waals surface area contributed by atoms with E-state index in [9.17, 15) is 4.79 Å². The molecule has 0 spiro atoms. The topological polar surface area (TPSA) is 29.1 Å². The molecule has 0 heterocycles. The molecule has 0 saturated carbocycles. The van der Waals surface area contributed by atoms with Gasteiger partial charge in [0.1, 0.15) is 5.41 Å². The van der Waals surface area contributed by atoms with Gasteiger partial charge in [-0.1, -0.05) is 74.5 Å². The van der Waals surface area contributed by atoms with Crippen LogP contribution in [0.25, 0.3) is 0 Å². The Balaban J connectivity index is 2.73. The highest BCUT2D eigenvalue weighted by atomic mass is 16.2. The van der Waals surface area contributed by atoms with Crippen molar-refractivity contribution in [3.63, 3.8) is 0 Å². The smallest absolute Gasteiger partial charge is 0.235 e. The van der Waals surface area contributed by atoms with Gasteiger partial charge in [-0.3, -0.25) is 4.79 Å². The van der Waals surface area contributed by atoms with Gasteiger partial charge >= 0.3 is 0 Å². The van der Waals surface area contributed by atoms with Crippen molar-refractivity contribution < 1.29 is 4.79 Å². The highest BCUT2D eigenvalue weighted by Gasteiger charge is 2.44. The van der Waals surface area contributed by atoms with Gasteiger partial charge in [0.05, 0.1) is 0 Å². The largest absolute Gasteiger partial charge is 0.358 e. The number of rotatable bonds is 4. The molecule has 0 aliphatic carbocycles. The van der Waals surface area contributed by atoms with Gasteiger partial charge in [-0.05, 0) is 17.0 Å². The molecule has 2 nitrogen and oxygen atoms in total. The molecular weight excluding hydrogens is 246 g/mol. The van der Waals surface area contributed by atoms with Gasteiger partial charge < -0.3 is 5.32 Å². The number of hydrogen-bond acceptors (Lipinski definition) is 1. The lowest BCUT2D eigenvalue weighted by Gasteiger charge is -2.37. The van der Waals surface area contributed by atoms with E-state index in [1.165, 1.54) is 0 Å². The average Bonchev–Trinajstić information content (AvgIpc) is 2.49. The van der Waals surface area contributed by atoms with Crippen molar-refractivity contribution in [3.05, 3.63) is 71.8 Å². The minimum Gasteiger partial charge on any atom is -0.358 e. The van der Waals surface area contributed by atoms with E-state index in [2.05, 4.69) is 19.2 Å². The molecule has 0 aromatic heterocycles. The van der Waals surface area contributed by atoms with Crippen molar-refractivity contribution in [1.29, 1.82) is 0 Å². The van der Waals surface area contributed by atoms with Crippen molar-refractivity contribution in [1.82, 2.24) is 5.32 Å². The quantitative estimate of drug-likeness (QED) is 0.904. The monoisotopic (exact) mass is 267 g/mol. The second-order valence-electron chi connectivity index (χ2n) is 5.27. The van der Waals surface area contributed by atoms with Crippen LogP contribution in [0, 0.1) is 5.92 Å². The summed E-state index contributed by atoms with van der Waals surface area (Å²) >= 11 is 0. The highest BCUT2D eigenvalue weighted by Crippen LogP contribution is 2.39. The van der Waals surface area contributed by atoms with Crippen LogP contribution < -0.4 is 5.32 Å². The van der Waals surface area contributed by atoms with Crippen molar-refractivity contribution in [2.24, 2.45) is 5.92 Å². The molecule has 1 amide bonds. The summed E-state index contributed by atoms with van der Waals surface area (Å²) in [6.07, 6.45) is 0. The van der Waals surface area contributed by atoms with E-state index in [-0.39, 0.29) is 11.8 Å². The maximum Gasteiger partial charge on any atom is 0.235 e. The van der Waals surface area contributed by atoms with Crippen LogP contribution in [0.5, 0.6) is 0 Å². The number of carbonyl (C=O) groups excluding carboxylic acids is 1. The fourth-order valence-corrected chi connectivity index (χ4v) is 2.96. The lowest BCUT2D eigenvalue weighted by atomic mass is 9.66. The lowest BCUT2D eigenvalue weighted by molar-refractivity contribution is -0.126. The zero-order valence-electron chi connectivity index (χ0n) is 12.3. The molecule has 1 N–H and O–H groups in total. The Bertz CT molecular complexity index is 521. The van der Waals surface area contributed by atoms with Crippen molar-refractivity contribution in [2.45, 2.75) is 19.3 Å². The molecule has 0 atom stereocenters. The van der Waals surface area contributed by atoms with Crippen LogP contribution in [0.4, 0.5) is 0 Å². The van der Waals surface area contributed by atoms with E-state index in [1.807, 2.05) is 60.7 Å². The minimum atomic E-state index is -0.655. The van der Waals surface area contributed by atoms with Gasteiger partial charge in [0, 0.05) is 7.05 Å². The van der Waals surface area contributed by atoms with E-state index in [0.29, 0.717) is 0 Å². The first-order chi connectivity index (χ1) is 9.64. The van der Waals surface area contributed by atoms with Gasteiger partial charge in [-0.15, -0.1) is 0 Å². The molecule has 20 heavy (non-hydrogen) atoms. The van der Waals surface area contributed by atoms with E-state index in [0.717, 1.165) is 11.1 Å². The van der Waals surface area contributed by atoms with Gasteiger partial charge in [0.15, 0.2) is 0 Å². The first-order valence-corrected chi connectivity index (χ1v) is 6.97. The lowest BCUT2D eigenvalue weighted by Crippen LogP contribution is -2.47. The molecule has 0 fully saturated rings. The third kappa shape index (κ3) is 2.22. The first-order valence-electron chi connectivity index (χ1n) is 6.97. The van der Waals surface area contributed by atoms with Crippen molar-refractivity contribution >= 4 is 5.91 Å². The van der Waals surface area contributed by atoms with Crippen LogP contribution in [0.1, 0.15) is 25.0 Å². The van der Waals surface area contributed by atoms with Crippen molar-refractivity contribution in [2.75, 3.05) is 7.05 Å². The number of benzene rings is 2. The Kier molecular flexibility index (Phi) is 4.23. The third-order valence-electron chi connectivity index (χ3n) is 3.91. The maximum atomic E-state index is 12.8. The first kappa shape index (κ1) is 14.3. The average molecular weight is 267 g/mol. The fourth-order valence-electron chi connectivity index (χ4n) is 2.96. The second kappa shape index (κ2) is 5.91. The SMILES string of the molecule is CNC(=O)C(c1ccccc1)(c1ccccc1)C(C)C. The van der Waals surface area contributed by atoms with E-state index < -0.39 is 5.41 Å². The fraction of sp³-hybridized carbons (Fsp3) is 0.278. The van der Waals surface area contributed by atoms with Crippen LogP contribution in [-0.2, 0) is 10.2 Å². The van der Waals surface area contributed by atoms with Crippen molar-refractivity contribution in [3.8, 4) is 0 Å². The van der Waals surface area contributed by atoms with E-state index in [1.54, 1.807) is 7.05 Å². The number of likely N-dealkylation sites (N-methyl/N-ethyl adjacent to an activating group) is 1. The second-order valence-corrected chi connectivity index (χ2v) is 5.27. The third-order valence-corrected chi connectivity index (χ3v) is 3.91. The Hall–Kier alpha value is -2.09. The molecular formula is C18H21NO. The highest BCUT2D eigenvalue weighted by molar-refractivity contribution is 5.92. The van der Waals surface area contributed by atoms with Crippen LogP contribution >= 0.6 is 0 Å². The molecule has 0 radical (unpaired) electrons. The van der Waals surface area contributed by atoms with Gasteiger partial charge in [0.25, 0.3) is 0 Å². The zero-order chi connectivity index (χ0) is 14.6. The van der Waals surface area contributed by atoms with Crippen LogP contribution in [-0.4, -0.2) is 13.0 Å². The molecule has 0 aliphatic heterocycles. The number of carbonyl (C=O) groups is 1. The van der Waals surface area contributed by atoms with Crippen LogP contribution in [0.3, 0.4) is 0 Å². The molecule has 2 heteroatoms. The molecule has 0 unspecified atom stereocenters. The van der Waals surface area contributed by atoms with Crippen LogP contribution in [0.2, 0.25) is 0 Å². The predicted octanol–water partition coefficient (Wildman–Crippen LogP) is 3.37. The predicted molar refractivity (Wildman–Crippen MR) is 82.6 cm³/mol. The summed E-state index contributed by atoms with van der Waals surface area (Å²) in [6, 6.07) is 20.0. The zero-order valence-corrected chi connectivity index (χ0v) is 12.3. The summed E-state index contributed by atoms with van der Waals surface area (Å²) < 4.78 is 0. The molecule has 2 rings (SSSR count). The molecule has 0 saturated heterocycles. The van der Waals surface area contributed by atoms with Gasteiger partial charge in [-0.25, -0.2) is 0 Å².